The van der Waals surface area contributed by atoms with Crippen molar-refractivity contribution in [1.82, 2.24) is 15.5 Å². The van der Waals surface area contributed by atoms with E-state index in [0.29, 0.717) is 40.2 Å². The molecule has 156 valence electrons. The van der Waals surface area contributed by atoms with Gasteiger partial charge in [0.1, 0.15) is 0 Å². The summed E-state index contributed by atoms with van der Waals surface area (Å²) in [6, 6.07) is 22.7. The summed E-state index contributed by atoms with van der Waals surface area (Å²) in [5.41, 5.74) is 4.13. The number of para-hydroxylation sites is 1. The van der Waals surface area contributed by atoms with Crippen LogP contribution in [0.1, 0.15) is 27.4 Å². The van der Waals surface area contributed by atoms with E-state index in [0.717, 1.165) is 5.56 Å². The number of hydrogen-bond donors (Lipinski definition) is 2. The first kappa shape index (κ1) is 20.6. The van der Waals surface area contributed by atoms with Gasteiger partial charge < -0.3 is 15.1 Å². The molecule has 1 heterocycles. The van der Waals surface area contributed by atoms with Crippen molar-refractivity contribution < 1.29 is 9.21 Å². The van der Waals surface area contributed by atoms with Gasteiger partial charge in [-0.25, -0.2) is 0 Å². The van der Waals surface area contributed by atoms with E-state index in [1.54, 1.807) is 12.1 Å². The molecule has 0 bridgehead atoms. The molecule has 3 aromatic carbocycles. The van der Waals surface area contributed by atoms with E-state index in [9.17, 15) is 4.79 Å². The van der Waals surface area contributed by atoms with Crippen LogP contribution in [0.4, 0.5) is 5.69 Å². The molecule has 0 atom stereocenters. The largest absolute Gasteiger partial charge is 0.419 e. The molecule has 4 aromatic rings. The zero-order valence-corrected chi connectivity index (χ0v) is 17.7. The Labute approximate surface area is 185 Å². The van der Waals surface area contributed by atoms with Gasteiger partial charge >= 0.3 is 0 Å². The number of carbonyl (C=O) groups excluding carboxylic acids is 1. The number of carbonyl (C=O) groups is 1. The molecule has 0 radical (unpaired) electrons. The standard InChI is InChI=1S/C24H21ClN4O2/c1-16-10-12-17(13-11-16)14-27-23(30)19-7-3-5-9-21(19)26-15-22-28-29-24(31-22)18-6-2-4-8-20(18)25/h2-13,26H,14-15H2,1H3,(H,27,30). The number of hydrogen-bond acceptors (Lipinski definition) is 5. The molecule has 1 aromatic heterocycles. The highest BCUT2D eigenvalue weighted by atomic mass is 35.5. The van der Waals surface area contributed by atoms with Gasteiger partial charge in [-0.1, -0.05) is 65.7 Å². The van der Waals surface area contributed by atoms with Crippen LogP contribution in [0.2, 0.25) is 5.02 Å². The minimum Gasteiger partial charge on any atom is -0.419 e. The highest BCUT2D eigenvalue weighted by molar-refractivity contribution is 6.33. The summed E-state index contributed by atoms with van der Waals surface area (Å²) < 4.78 is 5.72. The number of benzene rings is 3. The highest BCUT2D eigenvalue weighted by Crippen LogP contribution is 2.26. The van der Waals surface area contributed by atoms with Crippen LogP contribution in [0.25, 0.3) is 11.5 Å². The lowest BCUT2D eigenvalue weighted by Gasteiger charge is -2.11. The van der Waals surface area contributed by atoms with Gasteiger partial charge in [0, 0.05) is 12.2 Å². The lowest BCUT2D eigenvalue weighted by atomic mass is 10.1. The van der Waals surface area contributed by atoms with Gasteiger partial charge in [-0.15, -0.1) is 10.2 Å². The molecule has 0 saturated carbocycles. The Kier molecular flexibility index (Phi) is 6.29. The lowest BCUT2D eigenvalue weighted by Crippen LogP contribution is -2.24. The van der Waals surface area contributed by atoms with Gasteiger partial charge in [0.25, 0.3) is 5.91 Å². The monoisotopic (exact) mass is 432 g/mol. The molecule has 0 aliphatic heterocycles. The quantitative estimate of drug-likeness (QED) is 0.417. The Morgan fingerprint density at radius 1 is 0.935 bits per heavy atom. The molecule has 0 spiro atoms. The Hall–Kier alpha value is -3.64. The van der Waals surface area contributed by atoms with Crippen LogP contribution >= 0.6 is 11.6 Å². The molecule has 1 amide bonds. The molecule has 31 heavy (non-hydrogen) atoms. The third kappa shape index (κ3) is 5.10. The van der Waals surface area contributed by atoms with Crippen molar-refractivity contribution in [2.75, 3.05) is 5.32 Å². The third-order valence-corrected chi connectivity index (χ3v) is 5.08. The maximum Gasteiger partial charge on any atom is 0.253 e. The normalized spacial score (nSPS) is 10.6. The summed E-state index contributed by atoms with van der Waals surface area (Å²) in [5.74, 6) is 0.585. The first-order valence-electron chi connectivity index (χ1n) is 9.84. The predicted molar refractivity (Wildman–Crippen MR) is 121 cm³/mol. The van der Waals surface area contributed by atoms with Crippen molar-refractivity contribution in [3.63, 3.8) is 0 Å². The summed E-state index contributed by atoms with van der Waals surface area (Å²) in [7, 11) is 0. The number of anilines is 1. The zero-order valence-electron chi connectivity index (χ0n) is 16.9. The second kappa shape index (κ2) is 9.45. The van der Waals surface area contributed by atoms with Crippen LogP contribution in [-0.2, 0) is 13.1 Å². The fourth-order valence-electron chi connectivity index (χ4n) is 3.06. The van der Waals surface area contributed by atoms with Crippen molar-refractivity contribution >= 4 is 23.2 Å². The van der Waals surface area contributed by atoms with Crippen molar-refractivity contribution in [1.29, 1.82) is 0 Å². The van der Waals surface area contributed by atoms with Crippen molar-refractivity contribution in [2.24, 2.45) is 0 Å². The Morgan fingerprint density at radius 2 is 1.68 bits per heavy atom. The topological polar surface area (TPSA) is 80.0 Å². The number of nitrogens with zero attached hydrogens (tertiary/aromatic N) is 2. The lowest BCUT2D eigenvalue weighted by molar-refractivity contribution is 0.0951. The predicted octanol–water partition coefficient (Wildman–Crippen LogP) is 5.24. The van der Waals surface area contributed by atoms with E-state index in [4.69, 9.17) is 16.0 Å². The van der Waals surface area contributed by atoms with Gasteiger partial charge in [-0.2, -0.15) is 0 Å². The Bertz CT molecular complexity index is 1190. The van der Waals surface area contributed by atoms with Crippen LogP contribution in [0.15, 0.2) is 77.2 Å². The van der Waals surface area contributed by atoms with Gasteiger partial charge in [0.05, 0.1) is 22.7 Å². The molecule has 0 aliphatic carbocycles. The van der Waals surface area contributed by atoms with Gasteiger partial charge in [0.15, 0.2) is 0 Å². The van der Waals surface area contributed by atoms with Crippen molar-refractivity contribution in [2.45, 2.75) is 20.0 Å². The van der Waals surface area contributed by atoms with Crippen LogP contribution in [0.5, 0.6) is 0 Å². The summed E-state index contributed by atoms with van der Waals surface area (Å²) in [6.07, 6.45) is 0. The van der Waals surface area contributed by atoms with E-state index in [1.165, 1.54) is 5.56 Å². The minimum atomic E-state index is -0.161. The van der Waals surface area contributed by atoms with Crippen LogP contribution in [-0.4, -0.2) is 16.1 Å². The van der Waals surface area contributed by atoms with Crippen LogP contribution in [0.3, 0.4) is 0 Å². The molecule has 0 unspecified atom stereocenters. The summed E-state index contributed by atoms with van der Waals surface area (Å²) >= 11 is 6.19. The van der Waals surface area contributed by atoms with Gasteiger partial charge in [-0.3, -0.25) is 4.79 Å². The summed E-state index contributed by atoms with van der Waals surface area (Å²) in [6.45, 7) is 2.77. The first-order chi connectivity index (χ1) is 15.1. The maximum absolute atomic E-state index is 12.7. The minimum absolute atomic E-state index is 0.161. The third-order valence-electron chi connectivity index (χ3n) is 4.75. The molecule has 0 saturated heterocycles. The number of aryl methyl sites for hydroxylation is 1. The van der Waals surface area contributed by atoms with Crippen molar-refractivity contribution in [3.05, 3.63) is 100 Å². The molecular formula is C24H21ClN4O2. The zero-order chi connectivity index (χ0) is 21.6. The Balaban J connectivity index is 1.41. The number of nitrogens with one attached hydrogen (secondary N) is 2. The average Bonchev–Trinajstić information content (AvgIpc) is 3.26. The summed E-state index contributed by atoms with van der Waals surface area (Å²) in [4.78, 5) is 12.7. The SMILES string of the molecule is Cc1ccc(CNC(=O)c2ccccc2NCc2nnc(-c3ccccc3Cl)o2)cc1. The summed E-state index contributed by atoms with van der Waals surface area (Å²) in [5, 5.41) is 14.8. The molecule has 0 aliphatic rings. The molecule has 2 N–H and O–H groups in total. The van der Waals surface area contributed by atoms with E-state index < -0.39 is 0 Å². The Morgan fingerprint density at radius 3 is 2.48 bits per heavy atom. The average molecular weight is 433 g/mol. The fourth-order valence-corrected chi connectivity index (χ4v) is 3.27. The molecule has 7 heteroatoms. The van der Waals surface area contributed by atoms with Crippen LogP contribution in [0, 0.1) is 6.92 Å². The van der Waals surface area contributed by atoms with E-state index >= 15 is 0 Å². The second-order valence-electron chi connectivity index (χ2n) is 7.05. The number of rotatable bonds is 7. The molecule has 0 fully saturated rings. The van der Waals surface area contributed by atoms with Crippen molar-refractivity contribution in [3.8, 4) is 11.5 Å². The van der Waals surface area contributed by atoms with Gasteiger partial charge in [-0.05, 0) is 36.8 Å². The maximum atomic E-state index is 12.7. The van der Waals surface area contributed by atoms with E-state index in [-0.39, 0.29) is 12.5 Å². The smallest absolute Gasteiger partial charge is 0.253 e. The number of aromatic nitrogens is 2. The first-order valence-corrected chi connectivity index (χ1v) is 10.2. The van der Waals surface area contributed by atoms with Gasteiger partial charge in [0.2, 0.25) is 11.8 Å². The van der Waals surface area contributed by atoms with E-state index in [2.05, 4.69) is 20.8 Å². The number of amides is 1. The second-order valence-corrected chi connectivity index (χ2v) is 7.46. The number of halogens is 1. The fraction of sp³-hybridized carbons (Fsp3) is 0.125. The highest BCUT2D eigenvalue weighted by Gasteiger charge is 2.14. The van der Waals surface area contributed by atoms with Crippen LogP contribution < -0.4 is 10.6 Å². The molecule has 4 rings (SSSR count). The molecular weight excluding hydrogens is 412 g/mol. The van der Waals surface area contributed by atoms with E-state index in [1.807, 2.05) is 67.6 Å². The molecule has 6 nitrogen and oxygen atoms in total.